The molecule has 1 aliphatic rings. The first-order chi connectivity index (χ1) is 20.2. The van der Waals surface area contributed by atoms with Gasteiger partial charge in [-0.3, -0.25) is 19.1 Å². The van der Waals surface area contributed by atoms with Crippen molar-refractivity contribution >= 4 is 11.8 Å². The molecule has 8 nitrogen and oxygen atoms in total. The highest BCUT2D eigenvalue weighted by Gasteiger charge is 2.35. The van der Waals surface area contributed by atoms with Crippen molar-refractivity contribution in [2.75, 3.05) is 12.5 Å². The maximum atomic E-state index is 14.1. The van der Waals surface area contributed by atoms with E-state index < -0.39 is 88.5 Å². The maximum absolute atomic E-state index is 14.1. The molecule has 2 N–H and O–H groups in total. The minimum Gasteiger partial charge on any atom is -0.482 e. The molecule has 2 heterocycles. The number of fused-ring (bicyclic) bond motifs is 1. The summed E-state index contributed by atoms with van der Waals surface area (Å²) in [6.07, 6.45) is -2.59. The molecule has 3 aromatic rings. The molecule has 2 amide bonds. The van der Waals surface area contributed by atoms with Gasteiger partial charge in [0, 0.05) is 43.5 Å². The van der Waals surface area contributed by atoms with E-state index in [-0.39, 0.29) is 6.61 Å². The largest absolute Gasteiger partial charge is 0.482 e. The topological polar surface area (TPSA) is 92.7 Å². The highest BCUT2D eigenvalue weighted by atomic mass is 19.4. The van der Waals surface area contributed by atoms with Crippen LogP contribution in [0.25, 0.3) is 0 Å². The average molecular weight is 609 g/mol. The van der Waals surface area contributed by atoms with Crippen molar-refractivity contribution in [3.63, 3.8) is 0 Å². The van der Waals surface area contributed by atoms with Gasteiger partial charge in [-0.2, -0.15) is 13.2 Å². The first kappa shape index (κ1) is 31.2. The molecule has 0 radical (unpaired) electrons. The van der Waals surface area contributed by atoms with Crippen molar-refractivity contribution < 1.29 is 40.7 Å². The Morgan fingerprint density at radius 2 is 1.70 bits per heavy atom. The van der Waals surface area contributed by atoms with Gasteiger partial charge in [0.25, 0.3) is 11.8 Å². The van der Waals surface area contributed by atoms with E-state index in [0.29, 0.717) is 17.7 Å². The summed E-state index contributed by atoms with van der Waals surface area (Å²) in [5.74, 6) is -6.39. The number of carbonyl (C=O) groups excluding carboxylic acids is 2. The standard InChI is InChI=1S/C29H26F6N4O4/c1-16-8-9-19(12-29(33,34)35)37-39-14-21(27(41)36-13-20-22(31)10-18(30)11-23(20)32)25(40)26(24(39)28(42)38(16)2)43-15-17-6-4-3-5-7-17/h3-11,14,16,19,37H,12-13,15H2,1-2H3,(H,36,41)/b9-8-. The lowest BCUT2D eigenvalue weighted by Crippen LogP contribution is -2.40. The lowest BCUT2D eigenvalue weighted by Gasteiger charge is -2.26. The molecule has 2 unspecified atom stereocenters. The zero-order chi connectivity index (χ0) is 31.5. The van der Waals surface area contributed by atoms with Crippen molar-refractivity contribution in [1.82, 2.24) is 14.9 Å². The number of hydrogen-bond donors (Lipinski definition) is 2. The van der Waals surface area contributed by atoms with Crippen LogP contribution in [0, 0.1) is 17.5 Å². The molecule has 0 saturated heterocycles. The van der Waals surface area contributed by atoms with Crippen LogP contribution >= 0.6 is 0 Å². The molecular formula is C29H26F6N4O4. The maximum Gasteiger partial charge on any atom is 0.391 e. The second-order valence-corrected chi connectivity index (χ2v) is 9.82. The molecule has 0 bridgehead atoms. The number of aromatic nitrogens is 1. The van der Waals surface area contributed by atoms with Gasteiger partial charge in [0.15, 0.2) is 11.4 Å². The predicted octanol–water partition coefficient (Wildman–Crippen LogP) is 4.67. The molecule has 0 fully saturated rings. The normalized spacial score (nSPS) is 17.7. The van der Waals surface area contributed by atoms with Gasteiger partial charge in [-0.05, 0) is 12.5 Å². The molecule has 228 valence electrons. The Balaban J connectivity index is 1.82. The molecule has 0 saturated carbocycles. The van der Waals surface area contributed by atoms with Gasteiger partial charge in [0.1, 0.15) is 29.6 Å². The molecule has 2 atom stereocenters. The Bertz CT molecular complexity index is 1580. The van der Waals surface area contributed by atoms with Crippen LogP contribution in [0.5, 0.6) is 5.75 Å². The third-order valence-corrected chi connectivity index (χ3v) is 6.68. The number of amides is 2. The Kier molecular flexibility index (Phi) is 9.16. The molecule has 1 aliphatic heterocycles. The zero-order valence-electron chi connectivity index (χ0n) is 22.8. The summed E-state index contributed by atoms with van der Waals surface area (Å²) in [5.41, 5.74) is 0.117. The van der Waals surface area contributed by atoms with E-state index in [1.54, 1.807) is 37.3 Å². The van der Waals surface area contributed by atoms with E-state index >= 15 is 0 Å². The first-order valence-electron chi connectivity index (χ1n) is 12.9. The van der Waals surface area contributed by atoms with Crippen molar-refractivity contribution in [3.8, 4) is 5.75 Å². The molecule has 0 aliphatic carbocycles. The second kappa shape index (κ2) is 12.6. The van der Waals surface area contributed by atoms with Crippen LogP contribution in [0.2, 0.25) is 0 Å². The van der Waals surface area contributed by atoms with Crippen LogP contribution in [0.1, 0.15) is 45.3 Å². The third kappa shape index (κ3) is 7.37. The van der Waals surface area contributed by atoms with Crippen molar-refractivity contribution in [2.24, 2.45) is 0 Å². The fourth-order valence-corrected chi connectivity index (χ4v) is 4.28. The van der Waals surface area contributed by atoms with Gasteiger partial charge in [-0.25, -0.2) is 13.2 Å². The highest BCUT2D eigenvalue weighted by Crippen LogP contribution is 2.26. The van der Waals surface area contributed by atoms with Crippen molar-refractivity contribution in [3.05, 3.63) is 111 Å². The Morgan fingerprint density at radius 3 is 2.33 bits per heavy atom. The Hall–Kier alpha value is -4.75. The second-order valence-electron chi connectivity index (χ2n) is 9.82. The number of alkyl halides is 3. The van der Waals surface area contributed by atoms with E-state index in [4.69, 9.17) is 4.74 Å². The predicted molar refractivity (Wildman–Crippen MR) is 143 cm³/mol. The molecule has 1 aromatic heterocycles. The summed E-state index contributed by atoms with van der Waals surface area (Å²) in [7, 11) is 1.38. The van der Waals surface area contributed by atoms with Gasteiger partial charge >= 0.3 is 6.18 Å². The number of pyridine rings is 1. The van der Waals surface area contributed by atoms with Gasteiger partial charge < -0.3 is 20.4 Å². The number of nitrogens with one attached hydrogen (secondary N) is 2. The van der Waals surface area contributed by atoms with E-state index in [0.717, 1.165) is 10.9 Å². The minimum atomic E-state index is -4.63. The number of ether oxygens (including phenoxy) is 1. The fourth-order valence-electron chi connectivity index (χ4n) is 4.28. The number of rotatable bonds is 7. The Labute approximate surface area is 241 Å². The van der Waals surface area contributed by atoms with Crippen LogP contribution in [0.3, 0.4) is 0 Å². The molecule has 4 rings (SSSR count). The van der Waals surface area contributed by atoms with Crippen LogP contribution in [0.4, 0.5) is 26.3 Å². The van der Waals surface area contributed by atoms with Gasteiger partial charge in [0.05, 0.1) is 12.5 Å². The SMILES string of the molecule is CC1/C=C\C(CC(F)(F)F)Nn2cc(C(=O)NCc3c(F)cc(F)cc3F)c(=O)c(OCc3ccccc3)c2C(=O)N1C. The Morgan fingerprint density at radius 1 is 1.05 bits per heavy atom. The third-order valence-electron chi connectivity index (χ3n) is 6.68. The number of benzene rings is 2. The summed E-state index contributed by atoms with van der Waals surface area (Å²) < 4.78 is 88.4. The number of likely N-dealkylation sites (N-methyl/N-ethyl adjacent to an activating group) is 1. The zero-order valence-corrected chi connectivity index (χ0v) is 22.8. The average Bonchev–Trinajstić information content (AvgIpc) is 2.97. The molecule has 2 aromatic carbocycles. The summed E-state index contributed by atoms with van der Waals surface area (Å²) in [6, 6.07) is 7.10. The number of halogens is 6. The van der Waals surface area contributed by atoms with Crippen LogP contribution < -0.4 is 20.9 Å². The van der Waals surface area contributed by atoms with E-state index in [2.05, 4.69) is 10.7 Å². The lowest BCUT2D eigenvalue weighted by molar-refractivity contribution is -0.135. The summed E-state index contributed by atoms with van der Waals surface area (Å²) >= 11 is 0. The van der Waals surface area contributed by atoms with Crippen molar-refractivity contribution in [2.45, 2.75) is 44.8 Å². The molecule has 0 spiro atoms. The van der Waals surface area contributed by atoms with Crippen LogP contribution in [0.15, 0.2) is 65.6 Å². The number of carbonyl (C=O) groups is 2. The number of nitrogens with zero attached hydrogens (tertiary/aromatic N) is 2. The smallest absolute Gasteiger partial charge is 0.391 e. The molecule has 43 heavy (non-hydrogen) atoms. The quantitative estimate of drug-likeness (QED) is 0.301. The van der Waals surface area contributed by atoms with Gasteiger partial charge in [-0.15, -0.1) is 0 Å². The van der Waals surface area contributed by atoms with E-state index in [1.165, 1.54) is 24.1 Å². The van der Waals surface area contributed by atoms with Gasteiger partial charge in [0.2, 0.25) is 5.43 Å². The minimum absolute atomic E-state index is 0.253. The monoisotopic (exact) mass is 608 g/mol. The fraction of sp³-hybridized carbons (Fsp3) is 0.276. The highest BCUT2D eigenvalue weighted by molar-refractivity contribution is 5.99. The first-order valence-corrected chi connectivity index (χ1v) is 12.9. The summed E-state index contributed by atoms with van der Waals surface area (Å²) in [6.45, 7) is 0.508. The van der Waals surface area contributed by atoms with E-state index in [1.807, 2.05) is 0 Å². The summed E-state index contributed by atoms with van der Waals surface area (Å²) in [5, 5.41) is 2.15. The van der Waals surface area contributed by atoms with Crippen molar-refractivity contribution in [1.29, 1.82) is 0 Å². The lowest BCUT2D eigenvalue weighted by atomic mass is 10.1. The number of hydrogen-bond acceptors (Lipinski definition) is 5. The molecule has 14 heteroatoms. The summed E-state index contributed by atoms with van der Waals surface area (Å²) in [4.78, 5) is 41.6. The van der Waals surface area contributed by atoms with Crippen LogP contribution in [-0.2, 0) is 13.2 Å². The molecular weight excluding hydrogens is 582 g/mol. The van der Waals surface area contributed by atoms with E-state index in [9.17, 15) is 40.7 Å². The van der Waals surface area contributed by atoms with Gasteiger partial charge in [-0.1, -0.05) is 42.5 Å². The van der Waals surface area contributed by atoms with Crippen LogP contribution in [-0.4, -0.2) is 46.7 Å².